The Hall–Kier alpha value is -1.06. The fourth-order valence-electron chi connectivity index (χ4n) is 1.95. The van der Waals surface area contributed by atoms with Gasteiger partial charge in [-0.25, -0.2) is 0 Å². The number of ether oxygens (including phenoxy) is 1. The van der Waals surface area contributed by atoms with Gasteiger partial charge in [-0.2, -0.15) is 0 Å². The number of methoxy groups -OCH3 is 1. The normalized spacial score (nSPS) is 12.5. The summed E-state index contributed by atoms with van der Waals surface area (Å²) in [5.74, 6) is 0.902. The van der Waals surface area contributed by atoms with Gasteiger partial charge in [-0.05, 0) is 44.5 Å². The SMILES string of the molecule is CCc1ccc(OC)c(C(N)CCCNC)c1. The molecule has 0 saturated heterocycles. The van der Waals surface area contributed by atoms with Gasteiger partial charge >= 0.3 is 0 Å². The van der Waals surface area contributed by atoms with E-state index in [4.69, 9.17) is 10.5 Å². The van der Waals surface area contributed by atoms with Gasteiger partial charge in [0.15, 0.2) is 0 Å². The Morgan fingerprint density at radius 1 is 1.41 bits per heavy atom. The first-order chi connectivity index (χ1) is 8.22. The van der Waals surface area contributed by atoms with Crippen molar-refractivity contribution in [1.29, 1.82) is 0 Å². The van der Waals surface area contributed by atoms with Crippen LogP contribution in [-0.4, -0.2) is 20.7 Å². The molecule has 3 N–H and O–H groups in total. The first kappa shape index (κ1) is 14.0. The number of hydrogen-bond acceptors (Lipinski definition) is 3. The molecule has 0 bridgehead atoms. The molecule has 0 radical (unpaired) electrons. The van der Waals surface area contributed by atoms with Crippen LogP contribution in [0.15, 0.2) is 18.2 Å². The average molecular weight is 236 g/mol. The molecule has 0 saturated carbocycles. The molecule has 17 heavy (non-hydrogen) atoms. The summed E-state index contributed by atoms with van der Waals surface area (Å²) in [6.45, 7) is 3.15. The molecule has 1 unspecified atom stereocenters. The zero-order valence-corrected chi connectivity index (χ0v) is 11.1. The molecule has 1 rings (SSSR count). The molecular formula is C14H24N2O. The molecule has 0 aliphatic carbocycles. The Morgan fingerprint density at radius 2 is 2.18 bits per heavy atom. The maximum absolute atomic E-state index is 6.23. The third kappa shape index (κ3) is 4.02. The Morgan fingerprint density at radius 3 is 2.76 bits per heavy atom. The van der Waals surface area contributed by atoms with Crippen molar-refractivity contribution in [1.82, 2.24) is 5.32 Å². The fourth-order valence-corrected chi connectivity index (χ4v) is 1.95. The molecule has 0 fully saturated rings. The van der Waals surface area contributed by atoms with Gasteiger partial charge in [0.05, 0.1) is 7.11 Å². The molecule has 1 aromatic rings. The minimum absolute atomic E-state index is 0.0600. The van der Waals surface area contributed by atoms with Crippen molar-refractivity contribution < 1.29 is 4.74 Å². The third-order valence-corrected chi connectivity index (χ3v) is 3.04. The number of aryl methyl sites for hydroxylation is 1. The van der Waals surface area contributed by atoms with Gasteiger partial charge in [0.2, 0.25) is 0 Å². The van der Waals surface area contributed by atoms with Crippen LogP contribution in [0.1, 0.15) is 36.9 Å². The first-order valence-corrected chi connectivity index (χ1v) is 6.29. The summed E-state index contributed by atoms with van der Waals surface area (Å²) in [5, 5.41) is 3.14. The second-order valence-corrected chi connectivity index (χ2v) is 4.28. The standard InChI is InChI=1S/C14H24N2O/c1-4-11-7-8-14(17-3)12(10-11)13(15)6-5-9-16-2/h7-8,10,13,16H,4-6,9,15H2,1-3H3. The van der Waals surface area contributed by atoms with Crippen molar-refractivity contribution in [3.8, 4) is 5.75 Å². The Balaban J connectivity index is 2.78. The van der Waals surface area contributed by atoms with E-state index in [0.29, 0.717) is 0 Å². The molecule has 0 aliphatic rings. The summed E-state index contributed by atoms with van der Waals surface area (Å²) in [4.78, 5) is 0. The lowest BCUT2D eigenvalue weighted by atomic mass is 9.98. The van der Waals surface area contributed by atoms with Crippen LogP contribution in [0.3, 0.4) is 0 Å². The molecular weight excluding hydrogens is 212 g/mol. The van der Waals surface area contributed by atoms with E-state index in [1.807, 2.05) is 13.1 Å². The Kier molecular flexibility index (Phi) is 6.01. The minimum Gasteiger partial charge on any atom is -0.496 e. The topological polar surface area (TPSA) is 47.3 Å². The van der Waals surface area contributed by atoms with Crippen molar-refractivity contribution in [2.75, 3.05) is 20.7 Å². The van der Waals surface area contributed by atoms with Crippen molar-refractivity contribution in [3.05, 3.63) is 29.3 Å². The van der Waals surface area contributed by atoms with Crippen LogP contribution >= 0.6 is 0 Å². The molecule has 1 aromatic carbocycles. The second-order valence-electron chi connectivity index (χ2n) is 4.28. The molecule has 1 atom stereocenters. The van der Waals surface area contributed by atoms with Crippen LogP contribution in [0.25, 0.3) is 0 Å². The second kappa shape index (κ2) is 7.30. The number of nitrogens with two attached hydrogens (primary N) is 1. The summed E-state index contributed by atoms with van der Waals surface area (Å²) in [5.41, 5.74) is 8.67. The van der Waals surface area contributed by atoms with E-state index in [1.165, 1.54) is 5.56 Å². The van der Waals surface area contributed by atoms with Gasteiger partial charge in [0.1, 0.15) is 5.75 Å². The third-order valence-electron chi connectivity index (χ3n) is 3.04. The summed E-state index contributed by atoms with van der Waals surface area (Å²) in [6.07, 6.45) is 3.09. The lowest BCUT2D eigenvalue weighted by Gasteiger charge is -2.16. The fraction of sp³-hybridized carbons (Fsp3) is 0.571. The smallest absolute Gasteiger partial charge is 0.123 e. The molecule has 96 valence electrons. The predicted molar refractivity (Wildman–Crippen MR) is 72.5 cm³/mol. The molecule has 0 amide bonds. The minimum atomic E-state index is 0.0600. The van der Waals surface area contributed by atoms with Crippen LogP contribution in [0.5, 0.6) is 5.75 Å². The molecule has 0 spiro atoms. The number of nitrogens with one attached hydrogen (secondary N) is 1. The quantitative estimate of drug-likeness (QED) is 0.714. The van der Waals surface area contributed by atoms with E-state index in [0.717, 1.165) is 37.1 Å². The van der Waals surface area contributed by atoms with Gasteiger partial charge < -0.3 is 15.8 Å². The highest BCUT2D eigenvalue weighted by Crippen LogP contribution is 2.27. The number of rotatable bonds is 7. The van der Waals surface area contributed by atoms with E-state index in [9.17, 15) is 0 Å². The van der Waals surface area contributed by atoms with Crippen LogP contribution in [0.4, 0.5) is 0 Å². The van der Waals surface area contributed by atoms with Crippen LogP contribution < -0.4 is 15.8 Å². The monoisotopic (exact) mass is 236 g/mol. The van der Waals surface area contributed by atoms with E-state index < -0.39 is 0 Å². The summed E-state index contributed by atoms with van der Waals surface area (Å²) in [7, 11) is 3.66. The highest BCUT2D eigenvalue weighted by Gasteiger charge is 2.12. The zero-order valence-electron chi connectivity index (χ0n) is 11.1. The zero-order chi connectivity index (χ0) is 12.7. The molecule has 0 heterocycles. The van der Waals surface area contributed by atoms with Crippen molar-refractivity contribution >= 4 is 0 Å². The van der Waals surface area contributed by atoms with Crippen LogP contribution in [0, 0.1) is 0 Å². The lowest BCUT2D eigenvalue weighted by Crippen LogP contribution is -2.15. The maximum Gasteiger partial charge on any atom is 0.123 e. The number of hydrogen-bond donors (Lipinski definition) is 2. The van der Waals surface area contributed by atoms with Gasteiger partial charge in [0, 0.05) is 11.6 Å². The molecule has 0 aromatic heterocycles. The maximum atomic E-state index is 6.23. The lowest BCUT2D eigenvalue weighted by molar-refractivity contribution is 0.403. The van der Waals surface area contributed by atoms with Crippen LogP contribution in [0.2, 0.25) is 0 Å². The summed E-state index contributed by atoms with van der Waals surface area (Å²) >= 11 is 0. The van der Waals surface area contributed by atoms with Gasteiger partial charge in [0.25, 0.3) is 0 Å². The van der Waals surface area contributed by atoms with Gasteiger partial charge in [-0.15, -0.1) is 0 Å². The van der Waals surface area contributed by atoms with E-state index in [1.54, 1.807) is 7.11 Å². The predicted octanol–water partition coefficient (Wildman–Crippen LogP) is 2.26. The largest absolute Gasteiger partial charge is 0.496 e. The molecule has 0 aliphatic heterocycles. The summed E-state index contributed by atoms with van der Waals surface area (Å²) in [6, 6.07) is 6.35. The van der Waals surface area contributed by atoms with E-state index >= 15 is 0 Å². The van der Waals surface area contributed by atoms with Gasteiger partial charge in [-0.3, -0.25) is 0 Å². The van der Waals surface area contributed by atoms with Crippen molar-refractivity contribution in [2.24, 2.45) is 5.73 Å². The Bertz CT molecular complexity index is 339. The average Bonchev–Trinajstić information content (AvgIpc) is 2.38. The van der Waals surface area contributed by atoms with E-state index in [2.05, 4.69) is 24.4 Å². The van der Waals surface area contributed by atoms with Crippen molar-refractivity contribution in [2.45, 2.75) is 32.2 Å². The number of benzene rings is 1. The van der Waals surface area contributed by atoms with E-state index in [-0.39, 0.29) is 6.04 Å². The summed E-state index contributed by atoms with van der Waals surface area (Å²) < 4.78 is 5.38. The van der Waals surface area contributed by atoms with Crippen molar-refractivity contribution in [3.63, 3.8) is 0 Å². The van der Waals surface area contributed by atoms with Crippen LogP contribution in [-0.2, 0) is 6.42 Å². The molecule has 3 heteroatoms. The molecule has 3 nitrogen and oxygen atoms in total. The van der Waals surface area contributed by atoms with Gasteiger partial charge in [-0.1, -0.05) is 19.1 Å². The first-order valence-electron chi connectivity index (χ1n) is 6.29. The highest BCUT2D eigenvalue weighted by atomic mass is 16.5. The highest BCUT2D eigenvalue weighted by molar-refractivity contribution is 5.39. The Labute approximate surface area is 104 Å².